The zero-order valence-corrected chi connectivity index (χ0v) is 16.9. The number of H-pyrrole nitrogens is 1. The fraction of sp³-hybridized carbons (Fsp3) is 0.333. The summed E-state index contributed by atoms with van der Waals surface area (Å²) in [6.07, 6.45) is 2.09. The number of benzene rings is 1. The first kappa shape index (κ1) is 19.0. The molecule has 1 N–H and O–H groups in total. The summed E-state index contributed by atoms with van der Waals surface area (Å²) < 4.78 is 33.0. The second kappa shape index (κ2) is 7.57. The van der Waals surface area contributed by atoms with Crippen LogP contribution in [0.1, 0.15) is 12.8 Å². The third kappa shape index (κ3) is 3.65. The Balaban J connectivity index is 1.46. The summed E-state index contributed by atoms with van der Waals surface area (Å²) in [6.45, 7) is 3.95. The van der Waals surface area contributed by atoms with E-state index in [1.807, 2.05) is 31.2 Å². The van der Waals surface area contributed by atoms with Gasteiger partial charge in [-0.05, 0) is 30.3 Å². The Kier molecular flexibility index (Phi) is 5.13. The molecular weight excluding hydrogens is 402 g/mol. The molecule has 1 saturated heterocycles. The number of aryl methyl sites for hydroxylation is 1. The minimum Gasteiger partial charge on any atom is -0.419 e. The van der Waals surface area contributed by atoms with Gasteiger partial charge in [0.2, 0.25) is 15.9 Å². The Labute approximate surface area is 168 Å². The number of aromatic amines is 1. The number of sulfonamides is 1. The lowest BCUT2D eigenvalue weighted by atomic mass is 10.2. The van der Waals surface area contributed by atoms with Crippen LogP contribution in [0.25, 0.3) is 11.6 Å². The van der Waals surface area contributed by atoms with E-state index in [1.165, 1.54) is 16.6 Å². The number of aromatic nitrogens is 3. The van der Waals surface area contributed by atoms with Crippen molar-refractivity contribution in [2.75, 3.05) is 31.1 Å². The van der Waals surface area contributed by atoms with Crippen LogP contribution in [0.4, 0.5) is 5.69 Å². The maximum Gasteiger partial charge on any atom is 0.264 e. The van der Waals surface area contributed by atoms with Gasteiger partial charge in [-0.15, -0.1) is 10.2 Å². The summed E-state index contributed by atoms with van der Waals surface area (Å²) in [7, 11) is -3.60. The maximum absolute atomic E-state index is 13.0. The van der Waals surface area contributed by atoms with E-state index in [4.69, 9.17) is 16.0 Å². The van der Waals surface area contributed by atoms with E-state index in [0.717, 1.165) is 5.69 Å². The molecule has 1 aromatic carbocycles. The van der Waals surface area contributed by atoms with E-state index in [0.29, 0.717) is 49.2 Å². The zero-order chi connectivity index (χ0) is 19.7. The molecule has 0 atom stereocenters. The lowest BCUT2D eigenvalue weighted by Gasteiger charge is -2.35. The summed E-state index contributed by atoms with van der Waals surface area (Å²) in [5.41, 5.74) is 1.53. The van der Waals surface area contributed by atoms with Crippen molar-refractivity contribution in [3.8, 4) is 11.6 Å². The Morgan fingerprint density at radius 2 is 1.86 bits per heavy atom. The summed E-state index contributed by atoms with van der Waals surface area (Å²) >= 11 is 5.93. The van der Waals surface area contributed by atoms with Gasteiger partial charge in [0.15, 0.2) is 0 Å². The number of halogens is 1. The molecule has 148 valence electrons. The second-order valence-corrected chi connectivity index (χ2v) is 8.85. The van der Waals surface area contributed by atoms with E-state index in [2.05, 4.69) is 20.1 Å². The summed E-state index contributed by atoms with van der Waals surface area (Å²) in [5.74, 6) is 0.790. The second-order valence-electron chi connectivity index (χ2n) is 6.47. The van der Waals surface area contributed by atoms with Gasteiger partial charge < -0.3 is 14.3 Å². The number of piperazine rings is 1. The largest absolute Gasteiger partial charge is 0.419 e. The predicted molar refractivity (Wildman–Crippen MR) is 106 cm³/mol. The van der Waals surface area contributed by atoms with E-state index in [-0.39, 0.29) is 10.8 Å². The summed E-state index contributed by atoms with van der Waals surface area (Å²) in [4.78, 5) is 5.26. The molecule has 0 amide bonds. The Hall–Kier alpha value is -2.36. The average Bonchev–Trinajstić information content (AvgIpc) is 3.38. The highest BCUT2D eigenvalue weighted by molar-refractivity contribution is 7.89. The smallest absolute Gasteiger partial charge is 0.264 e. The lowest BCUT2D eigenvalue weighted by molar-refractivity contribution is 0.385. The number of hydrogen-bond acceptors (Lipinski definition) is 6. The zero-order valence-electron chi connectivity index (χ0n) is 15.3. The minimum atomic E-state index is -3.60. The van der Waals surface area contributed by atoms with Crippen LogP contribution in [-0.2, 0) is 16.4 Å². The average molecular weight is 422 g/mol. The van der Waals surface area contributed by atoms with Crippen LogP contribution in [-0.4, -0.2) is 54.1 Å². The highest BCUT2D eigenvalue weighted by Crippen LogP contribution is 2.25. The van der Waals surface area contributed by atoms with Crippen LogP contribution in [0.3, 0.4) is 0 Å². The van der Waals surface area contributed by atoms with Gasteiger partial charge in [0.05, 0.1) is 0 Å². The van der Waals surface area contributed by atoms with Crippen molar-refractivity contribution in [3.05, 3.63) is 47.4 Å². The van der Waals surface area contributed by atoms with Crippen molar-refractivity contribution in [1.82, 2.24) is 19.5 Å². The normalized spacial score (nSPS) is 15.9. The number of nitrogens with zero attached hydrogens (tertiary/aromatic N) is 4. The van der Waals surface area contributed by atoms with Crippen LogP contribution in [0.15, 0.2) is 45.8 Å². The number of nitrogens with one attached hydrogen (secondary N) is 1. The third-order valence-electron chi connectivity index (χ3n) is 4.72. The predicted octanol–water partition coefficient (Wildman–Crippen LogP) is 2.79. The molecule has 2 aromatic heterocycles. The monoisotopic (exact) mass is 421 g/mol. The molecule has 1 aliphatic rings. The molecule has 0 radical (unpaired) electrons. The minimum absolute atomic E-state index is 0.193. The Morgan fingerprint density at radius 3 is 2.50 bits per heavy atom. The van der Waals surface area contributed by atoms with E-state index in [1.54, 1.807) is 0 Å². The first-order valence-electron chi connectivity index (χ1n) is 8.99. The lowest BCUT2D eigenvalue weighted by Crippen LogP contribution is -2.48. The van der Waals surface area contributed by atoms with Crippen LogP contribution in [0.5, 0.6) is 0 Å². The van der Waals surface area contributed by atoms with Crippen molar-refractivity contribution in [2.24, 2.45) is 0 Å². The SMILES string of the molecule is CCc1nnc(-c2cc(S(=O)(=O)N3CCN(c4ccc(Cl)cc4)CC3)c[nH]2)o1. The molecule has 4 rings (SSSR count). The van der Waals surface area contributed by atoms with Crippen molar-refractivity contribution >= 4 is 27.3 Å². The van der Waals surface area contributed by atoms with Crippen LogP contribution < -0.4 is 4.90 Å². The number of hydrogen-bond donors (Lipinski definition) is 1. The van der Waals surface area contributed by atoms with Gasteiger partial charge >= 0.3 is 0 Å². The van der Waals surface area contributed by atoms with Crippen LogP contribution >= 0.6 is 11.6 Å². The van der Waals surface area contributed by atoms with Crippen molar-refractivity contribution in [2.45, 2.75) is 18.2 Å². The van der Waals surface area contributed by atoms with Crippen molar-refractivity contribution in [1.29, 1.82) is 0 Å². The fourth-order valence-corrected chi connectivity index (χ4v) is 4.68. The first-order valence-corrected chi connectivity index (χ1v) is 10.8. The maximum atomic E-state index is 13.0. The van der Waals surface area contributed by atoms with E-state index >= 15 is 0 Å². The highest BCUT2D eigenvalue weighted by atomic mass is 35.5. The Bertz CT molecular complexity index is 1050. The molecule has 3 heterocycles. The molecule has 0 aliphatic carbocycles. The molecule has 1 fully saturated rings. The van der Waals surface area contributed by atoms with Gasteiger partial charge in [0.1, 0.15) is 10.6 Å². The quantitative estimate of drug-likeness (QED) is 0.680. The fourth-order valence-electron chi connectivity index (χ4n) is 3.14. The molecular formula is C18H20ClN5O3S. The van der Waals surface area contributed by atoms with Crippen molar-refractivity contribution in [3.63, 3.8) is 0 Å². The third-order valence-corrected chi connectivity index (χ3v) is 6.85. The molecule has 8 nitrogen and oxygen atoms in total. The van der Waals surface area contributed by atoms with Gasteiger partial charge in [-0.25, -0.2) is 8.42 Å². The van der Waals surface area contributed by atoms with Gasteiger partial charge in [0, 0.05) is 49.5 Å². The van der Waals surface area contributed by atoms with Gasteiger partial charge in [-0.1, -0.05) is 18.5 Å². The summed E-state index contributed by atoms with van der Waals surface area (Å²) in [5, 5.41) is 8.53. The molecule has 0 saturated carbocycles. The van der Waals surface area contributed by atoms with E-state index in [9.17, 15) is 8.42 Å². The number of rotatable bonds is 5. The van der Waals surface area contributed by atoms with Gasteiger partial charge in [0.25, 0.3) is 5.89 Å². The van der Waals surface area contributed by atoms with E-state index < -0.39 is 10.0 Å². The van der Waals surface area contributed by atoms with Crippen LogP contribution in [0.2, 0.25) is 5.02 Å². The summed E-state index contributed by atoms with van der Waals surface area (Å²) in [6, 6.07) is 9.10. The van der Waals surface area contributed by atoms with Gasteiger partial charge in [-0.2, -0.15) is 4.31 Å². The molecule has 1 aliphatic heterocycles. The standard InChI is InChI=1S/C18H20ClN5O3S/c1-2-17-21-22-18(27-17)16-11-15(12-20-16)28(25,26)24-9-7-23(8-10-24)14-5-3-13(19)4-6-14/h3-6,11-12,20H,2,7-10H2,1H3. The van der Waals surface area contributed by atoms with Crippen molar-refractivity contribution < 1.29 is 12.8 Å². The number of anilines is 1. The molecule has 0 unspecified atom stereocenters. The first-order chi connectivity index (χ1) is 13.5. The Morgan fingerprint density at radius 1 is 1.14 bits per heavy atom. The van der Waals surface area contributed by atoms with Crippen LogP contribution in [0, 0.1) is 0 Å². The molecule has 28 heavy (non-hydrogen) atoms. The molecule has 0 spiro atoms. The highest BCUT2D eigenvalue weighted by Gasteiger charge is 2.30. The van der Waals surface area contributed by atoms with Gasteiger partial charge in [-0.3, -0.25) is 0 Å². The molecule has 3 aromatic rings. The molecule has 10 heteroatoms. The topological polar surface area (TPSA) is 95.3 Å². The molecule has 0 bridgehead atoms.